The van der Waals surface area contributed by atoms with E-state index in [0.29, 0.717) is 25.4 Å². The first-order valence-electron chi connectivity index (χ1n) is 10.4. The second-order valence-corrected chi connectivity index (χ2v) is 8.75. The number of ether oxygens (including phenoxy) is 2. The number of fused-ring (bicyclic) bond motifs is 2. The molecule has 5 rings (SSSR count). The van der Waals surface area contributed by atoms with Crippen LogP contribution < -0.4 is 10.5 Å². The minimum Gasteiger partial charge on any atom is -0.493 e. The number of carbonyl (C=O) groups excluding carboxylic acids is 1. The van der Waals surface area contributed by atoms with E-state index in [9.17, 15) is 4.79 Å². The molecule has 1 amide bonds. The summed E-state index contributed by atoms with van der Waals surface area (Å²) in [6.07, 6.45) is 2.50. The van der Waals surface area contributed by atoms with Crippen LogP contribution in [0.4, 0.5) is 0 Å². The number of pyridine rings is 1. The second-order valence-electron chi connectivity index (χ2n) is 7.90. The summed E-state index contributed by atoms with van der Waals surface area (Å²) >= 11 is 3.68. The number of amides is 1. The highest BCUT2D eigenvalue weighted by Gasteiger charge is 2.33. The van der Waals surface area contributed by atoms with E-state index in [2.05, 4.69) is 22.0 Å². The number of benzene rings is 2. The summed E-state index contributed by atoms with van der Waals surface area (Å²) < 4.78 is 12.4. The highest BCUT2D eigenvalue weighted by Crippen LogP contribution is 2.44. The van der Waals surface area contributed by atoms with Crippen LogP contribution in [0.3, 0.4) is 0 Å². The van der Waals surface area contributed by atoms with Gasteiger partial charge in [-0.15, -0.1) is 0 Å². The van der Waals surface area contributed by atoms with Gasteiger partial charge >= 0.3 is 0 Å². The third-order valence-corrected chi connectivity index (χ3v) is 6.84. The van der Waals surface area contributed by atoms with Crippen molar-refractivity contribution in [2.45, 2.75) is 31.1 Å². The van der Waals surface area contributed by atoms with Crippen molar-refractivity contribution in [1.82, 2.24) is 4.98 Å². The van der Waals surface area contributed by atoms with Gasteiger partial charge in [-0.2, -0.15) is 0 Å². The van der Waals surface area contributed by atoms with Crippen LogP contribution in [0.25, 0.3) is 10.9 Å². The van der Waals surface area contributed by atoms with Gasteiger partial charge in [0, 0.05) is 34.6 Å². The molecule has 5 nitrogen and oxygen atoms in total. The van der Waals surface area contributed by atoms with Gasteiger partial charge in [-0.05, 0) is 58.8 Å². The van der Waals surface area contributed by atoms with E-state index in [0.717, 1.165) is 57.2 Å². The first-order valence-corrected chi connectivity index (χ1v) is 11.2. The third kappa shape index (κ3) is 3.28. The van der Waals surface area contributed by atoms with E-state index in [4.69, 9.17) is 20.2 Å². The number of halogens is 1. The number of primary amides is 1. The molecule has 1 saturated heterocycles. The number of rotatable bonds is 3. The van der Waals surface area contributed by atoms with Crippen LogP contribution in [-0.2, 0) is 4.74 Å². The van der Waals surface area contributed by atoms with Gasteiger partial charge in [0.2, 0.25) is 0 Å². The average molecular weight is 467 g/mol. The summed E-state index contributed by atoms with van der Waals surface area (Å²) in [4.78, 5) is 17.9. The Morgan fingerprint density at radius 3 is 2.63 bits per heavy atom. The highest BCUT2D eigenvalue weighted by molar-refractivity contribution is 9.10. The average Bonchev–Trinajstić information content (AvgIpc) is 2.78. The predicted octanol–water partition coefficient (Wildman–Crippen LogP) is 4.90. The van der Waals surface area contributed by atoms with Crippen LogP contribution in [0.1, 0.15) is 58.3 Å². The lowest BCUT2D eigenvalue weighted by Crippen LogP contribution is -2.26. The Hall–Kier alpha value is -2.44. The maximum Gasteiger partial charge on any atom is 0.250 e. The van der Waals surface area contributed by atoms with Crippen molar-refractivity contribution in [3.63, 3.8) is 0 Å². The minimum absolute atomic E-state index is 0.0347. The molecule has 1 atom stereocenters. The zero-order valence-electron chi connectivity index (χ0n) is 16.6. The van der Waals surface area contributed by atoms with Gasteiger partial charge in [-0.3, -0.25) is 9.78 Å². The van der Waals surface area contributed by atoms with E-state index in [-0.39, 0.29) is 11.8 Å². The second kappa shape index (κ2) is 8.00. The number of carbonyl (C=O) groups is 1. The van der Waals surface area contributed by atoms with E-state index < -0.39 is 5.91 Å². The van der Waals surface area contributed by atoms with Gasteiger partial charge < -0.3 is 15.2 Å². The molecular weight excluding hydrogens is 444 g/mol. The van der Waals surface area contributed by atoms with E-state index >= 15 is 0 Å². The van der Waals surface area contributed by atoms with E-state index in [1.807, 2.05) is 36.4 Å². The third-order valence-electron chi connectivity index (χ3n) is 6.20. The Morgan fingerprint density at radius 2 is 1.83 bits per heavy atom. The van der Waals surface area contributed by atoms with Gasteiger partial charge in [0.1, 0.15) is 5.75 Å². The van der Waals surface area contributed by atoms with Crippen LogP contribution in [0.5, 0.6) is 5.75 Å². The molecule has 6 heteroatoms. The fraction of sp³-hybridized carbons (Fsp3) is 0.333. The van der Waals surface area contributed by atoms with Gasteiger partial charge in [0.25, 0.3) is 5.91 Å². The Morgan fingerprint density at radius 1 is 1.03 bits per heavy atom. The molecule has 2 aromatic carbocycles. The highest BCUT2D eigenvalue weighted by atomic mass is 79.9. The quantitative estimate of drug-likeness (QED) is 0.595. The Balaban J connectivity index is 1.82. The van der Waals surface area contributed by atoms with Crippen LogP contribution >= 0.6 is 15.9 Å². The maximum absolute atomic E-state index is 12.9. The molecule has 2 aliphatic rings. The summed E-state index contributed by atoms with van der Waals surface area (Å²) in [5.41, 5.74) is 10.3. The zero-order valence-corrected chi connectivity index (χ0v) is 18.2. The molecular formula is C24H23BrN2O3. The monoisotopic (exact) mass is 466 g/mol. The molecule has 0 aliphatic carbocycles. The molecule has 3 heterocycles. The number of hydrogen-bond donors (Lipinski definition) is 1. The van der Waals surface area contributed by atoms with Crippen molar-refractivity contribution < 1.29 is 14.3 Å². The van der Waals surface area contributed by atoms with Crippen molar-refractivity contribution in [2.24, 2.45) is 5.73 Å². The molecule has 0 radical (unpaired) electrons. The molecule has 0 unspecified atom stereocenters. The number of nitrogens with zero attached hydrogens (tertiary/aromatic N) is 1. The normalized spacial score (nSPS) is 19.3. The lowest BCUT2D eigenvalue weighted by atomic mass is 9.80. The SMILES string of the molecule is NC(=O)c1c([C@H]2CCOc3ccccc32)nc2c(Br)cccc2c1C1CCOCC1. The summed E-state index contributed by atoms with van der Waals surface area (Å²) in [6.45, 7) is 1.97. The van der Waals surface area contributed by atoms with Gasteiger partial charge in [-0.1, -0.05) is 30.3 Å². The lowest BCUT2D eigenvalue weighted by molar-refractivity contribution is 0.0847. The van der Waals surface area contributed by atoms with Crippen molar-refractivity contribution in [1.29, 1.82) is 0 Å². The number of hydrogen-bond acceptors (Lipinski definition) is 4. The summed E-state index contributed by atoms with van der Waals surface area (Å²) in [7, 11) is 0. The molecule has 0 bridgehead atoms. The largest absolute Gasteiger partial charge is 0.493 e. The van der Waals surface area contributed by atoms with Gasteiger partial charge in [0.05, 0.1) is 23.4 Å². The fourth-order valence-electron chi connectivity index (χ4n) is 4.84. The van der Waals surface area contributed by atoms with Crippen molar-refractivity contribution in [2.75, 3.05) is 19.8 Å². The zero-order chi connectivity index (χ0) is 20.7. The molecule has 3 aromatic rings. The molecule has 0 spiro atoms. The minimum atomic E-state index is -0.412. The maximum atomic E-state index is 12.9. The molecule has 2 aliphatic heterocycles. The summed E-state index contributed by atoms with van der Waals surface area (Å²) in [5.74, 6) is 0.623. The molecule has 1 aromatic heterocycles. The standard InChI is InChI=1S/C24H23BrN2O3/c25-18-6-3-5-17-20(14-8-11-29-12-9-14)21(24(26)28)23(27-22(17)18)16-10-13-30-19-7-2-1-4-15(16)19/h1-7,14,16H,8-13H2,(H2,26,28)/t16-/m0/s1. The molecule has 1 fully saturated rings. The van der Waals surface area contributed by atoms with Crippen LogP contribution in [0, 0.1) is 0 Å². The molecule has 2 N–H and O–H groups in total. The molecule has 154 valence electrons. The van der Waals surface area contributed by atoms with Crippen molar-refractivity contribution >= 4 is 32.7 Å². The lowest BCUT2D eigenvalue weighted by Gasteiger charge is -2.30. The smallest absolute Gasteiger partial charge is 0.250 e. The topological polar surface area (TPSA) is 74.4 Å². The van der Waals surface area contributed by atoms with E-state index in [1.54, 1.807) is 0 Å². The molecule has 30 heavy (non-hydrogen) atoms. The Bertz CT molecular complexity index is 1120. The summed E-state index contributed by atoms with van der Waals surface area (Å²) in [6, 6.07) is 14.0. The first kappa shape index (κ1) is 19.5. The van der Waals surface area contributed by atoms with E-state index in [1.165, 1.54) is 0 Å². The van der Waals surface area contributed by atoms with Gasteiger partial charge in [0.15, 0.2) is 0 Å². The Labute approximate surface area is 183 Å². The number of para-hydroxylation sites is 2. The van der Waals surface area contributed by atoms with Crippen LogP contribution in [-0.4, -0.2) is 30.7 Å². The predicted molar refractivity (Wildman–Crippen MR) is 119 cm³/mol. The summed E-state index contributed by atoms with van der Waals surface area (Å²) in [5, 5.41) is 0.995. The Kier molecular flexibility index (Phi) is 5.21. The van der Waals surface area contributed by atoms with Crippen molar-refractivity contribution in [3.8, 4) is 5.75 Å². The van der Waals surface area contributed by atoms with Gasteiger partial charge in [-0.25, -0.2) is 0 Å². The van der Waals surface area contributed by atoms with Crippen molar-refractivity contribution in [3.05, 3.63) is 69.3 Å². The number of nitrogens with two attached hydrogens (primary N) is 1. The van der Waals surface area contributed by atoms with Crippen LogP contribution in [0.2, 0.25) is 0 Å². The molecule has 0 saturated carbocycles. The first-order chi connectivity index (χ1) is 14.6. The fourth-order valence-corrected chi connectivity index (χ4v) is 5.30. The van der Waals surface area contributed by atoms with Crippen LogP contribution in [0.15, 0.2) is 46.9 Å². The number of aromatic nitrogens is 1.